The Morgan fingerprint density at radius 2 is 2.00 bits per heavy atom. The Labute approximate surface area is 153 Å². The van der Waals surface area contributed by atoms with Crippen LogP contribution in [0.5, 0.6) is 0 Å². The summed E-state index contributed by atoms with van der Waals surface area (Å²) in [6.07, 6.45) is 4.43. The summed E-state index contributed by atoms with van der Waals surface area (Å²) in [7, 11) is -1.36. The number of aryl methyl sites for hydroxylation is 2. The van der Waals surface area contributed by atoms with Gasteiger partial charge >= 0.3 is 0 Å². The van der Waals surface area contributed by atoms with Gasteiger partial charge in [0.2, 0.25) is 5.56 Å². The van der Waals surface area contributed by atoms with Crippen molar-refractivity contribution in [2.24, 2.45) is 0 Å². The van der Waals surface area contributed by atoms with Gasteiger partial charge < -0.3 is 9.51 Å². The van der Waals surface area contributed by atoms with Gasteiger partial charge in [-0.15, -0.1) is 0 Å². The van der Waals surface area contributed by atoms with Crippen LogP contribution < -0.4 is 10.3 Å². The first kappa shape index (κ1) is 17.2. The molecule has 7 heteroatoms. The number of hydrogen-bond donors (Lipinski definition) is 2. The zero-order valence-electron chi connectivity index (χ0n) is 14.8. The molecule has 6 nitrogen and oxygen atoms in total. The largest absolute Gasteiger partial charge is 0.361 e. The molecule has 2 N–H and O–H groups in total. The maximum absolute atomic E-state index is 13.1. The molecule has 1 aliphatic rings. The predicted molar refractivity (Wildman–Crippen MR) is 101 cm³/mol. The van der Waals surface area contributed by atoms with Crippen molar-refractivity contribution >= 4 is 21.9 Å². The molecule has 1 atom stereocenters. The molecule has 136 valence electrons. The van der Waals surface area contributed by atoms with Gasteiger partial charge in [-0.3, -0.25) is 4.79 Å². The standard InChI is InChI=1S/C19H21N3O3S/c1-11-19(12(2)25-21-11)13-9-16-15(7-8-18(23)20-16)17(10-13)26(24)22-14-5-3-4-6-14/h7-10,14,22H,3-6H2,1-2H3,(H,20,23). The fraction of sp³-hybridized carbons (Fsp3) is 0.368. The summed E-state index contributed by atoms with van der Waals surface area (Å²) in [5.74, 6) is 0.695. The SMILES string of the molecule is Cc1noc(C)c1-c1cc(S(=O)NC2CCCC2)c2ccc(=O)[nH]c2c1. The van der Waals surface area contributed by atoms with Crippen molar-refractivity contribution in [3.05, 3.63) is 46.1 Å². The quantitative estimate of drug-likeness (QED) is 0.736. The van der Waals surface area contributed by atoms with Crippen LogP contribution in [-0.4, -0.2) is 20.4 Å². The van der Waals surface area contributed by atoms with Crippen molar-refractivity contribution in [2.75, 3.05) is 0 Å². The smallest absolute Gasteiger partial charge is 0.248 e. The van der Waals surface area contributed by atoms with Gasteiger partial charge in [0.15, 0.2) is 0 Å². The van der Waals surface area contributed by atoms with E-state index < -0.39 is 11.0 Å². The van der Waals surface area contributed by atoms with Gasteiger partial charge in [0.05, 0.1) is 16.1 Å². The lowest BCUT2D eigenvalue weighted by molar-refractivity contribution is 0.393. The summed E-state index contributed by atoms with van der Waals surface area (Å²) < 4.78 is 21.6. The van der Waals surface area contributed by atoms with E-state index in [-0.39, 0.29) is 11.6 Å². The highest BCUT2D eigenvalue weighted by atomic mass is 32.2. The van der Waals surface area contributed by atoms with Crippen LogP contribution in [0.4, 0.5) is 0 Å². The van der Waals surface area contributed by atoms with E-state index in [0.717, 1.165) is 35.0 Å². The third-order valence-corrected chi connectivity index (χ3v) is 6.24. The minimum absolute atomic E-state index is 0.186. The highest BCUT2D eigenvalue weighted by Gasteiger charge is 2.21. The molecule has 1 aliphatic carbocycles. The van der Waals surface area contributed by atoms with Crippen LogP contribution in [0, 0.1) is 13.8 Å². The lowest BCUT2D eigenvalue weighted by Gasteiger charge is -2.14. The topological polar surface area (TPSA) is 88.0 Å². The molecule has 4 rings (SSSR count). The summed E-state index contributed by atoms with van der Waals surface area (Å²) in [4.78, 5) is 15.3. The fourth-order valence-corrected chi connectivity index (χ4v) is 4.96. The van der Waals surface area contributed by atoms with Crippen molar-refractivity contribution in [3.8, 4) is 11.1 Å². The Morgan fingerprint density at radius 1 is 1.23 bits per heavy atom. The van der Waals surface area contributed by atoms with E-state index in [1.807, 2.05) is 26.0 Å². The number of H-pyrrole nitrogens is 1. The Balaban J connectivity index is 1.87. The van der Waals surface area contributed by atoms with Crippen LogP contribution in [0.2, 0.25) is 0 Å². The number of pyridine rings is 1. The Morgan fingerprint density at radius 3 is 2.69 bits per heavy atom. The minimum Gasteiger partial charge on any atom is -0.361 e. The average Bonchev–Trinajstić information content (AvgIpc) is 3.23. The van der Waals surface area contributed by atoms with Crippen LogP contribution in [0.15, 0.2) is 38.5 Å². The van der Waals surface area contributed by atoms with Crippen LogP contribution >= 0.6 is 0 Å². The summed E-state index contributed by atoms with van der Waals surface area (Å²) in [6, 6.07) is 7.27. The van der Waals surface area contributed by atoms with E-state index in [9.17, 15) is 9.00 Å². The molecule has 0 radical (unpaired) electrons. The molecule has 1 fully saturated rings. The van der Waals surface area contributed by atoms with Gasteiger partial charge in [0, 0.05) is 23.1 Å². The van der Waals surface area contributed by atoms with Crippen LogP contribution in [-0.2, 0) is 11.0 Å². The lowest BCUT2D eigenvalue weighted by atomic mass is 10.0. The maximum Gasteiger partial charge on any atom is 0.248 e. The molecule has 1 saturated carbocycles. The van der Waals surface area contributed by atoms with Crippen LogP contribution in [0.1, 0.15) is 37.1 Å². The predicted octanol–water partition coefficient (Wildman–Crippen LogP) is 3.35. The molecule has 3 aromatic rings. The number of nitrogens with one attached hydrogen (secondary N) is 2. The van der Waals surface area contributed by atoms with Crippen LogP contribution in [0.3, 0.4) is 0 Å². The average molecular weight is 371 g/mol. The Hall–Kier alpha value is -2.25. The molecular formula is C19H21N3O3S. The molecular weight excluding hydrogens is 350 g/mol. The number of aromatic amines is 1. The summed E-state index contributed by atoms with van der Waals surface area (Å²) >= 11 is 0. The van der Waals surface area contributed by atoms with E-state index in [2.05, 4.69) is 14.9 Å². The number of aromatic nitrogens is 2. The van der Waals surface area contributed by atoms with Gasteiger partial charge in [0.25, 0.3) is 0 Å². The Bertz CT molecular complexity index is 1030. The van der Waals surface area contributed by atoms with Crippen LogP contribution in [0.25, 0.3) is 22.0 Å². The van der Waals surface area contributed by atoms with Crippen molar-refractivity contribution in [3.63, 3.8) is 0 Å². The zero-order chi connectivity index (χ0) is 18.3. The second kappa shape index (κ2) is 6.81. The number of hydrogen-bond acceptors (Lipinski definition) is 4. The highest BCUT2D eigenvalue weighted by molar-refractivity contribution is 7.83. The van der Waals surface area contributed by atoms with Gasteiger partial charge in [-0.05, 0) is 50.5 Å². The van der Waals surface area contributed by atoms with E-state index in [0.29, 0.717) is 16.2 Å². The lowest BCUT2D eigenvalue weighted by Crippen LogP contribution is -2.28. The molecule has 0 saturated heterocycles. The maximum atomic E-state index is 13.1. The first-order valence-electron chi connectivity index (χ1n) is 8.81. The molecule has 0 bridgehead atoms. The third kappa shape index (κ3) is 3.12. The number of fused-ring (bicyclic) bond motifs is 1. The molecule has 2 aromatic heterocycles. The van der Waals surface area contributed by atoms with Crippen molar-refractivity contribution in [1.29, 1.82) is 0 Å². The first-order valence-corrected chi connectivity index (χ1v) is 9.96. The van der Waals surface area contributed by atoms with Gasteiger partial charge in [-0.25, -0.2) is 8.93 Å². The first-order chi connectivity index (χ1) is 12.5. The van der Waals surface area contributed by atoms with E-state index in [1.54, 1.807) is 6.07 Å². The summed E-state index contributed by atoms with van der Waals surface area (Å²) in [6.45, 7) is 3.72. The molecule has 2 heterocycles. The van der Waals surface area contributed by atoms with E-state index in [4.69, 9.17) is 4.52 Å². The normalized spacial score (nSPS) is 16.4. The molecule has 1 unspecified atom stereocenters. The molecule has 1 aromatic carbocycles. The van der Waals surface area contributed by atoms with Crippen molar-refractivity contribution in [1.82, 2.24) is 14.9 Å². The molecule has 26 heavy (non-hydrogen) atoms. The molecule has 0 aliphatic heterocycles. The number of benzene rings is 1. The van der Waals surface area contributed by atoms with Gasteiger partial charge in [0.1, 0.15) is 16.7 Å². The fourth-order valence-electron chi connectivity index (χ4n) is 3.69. The van der Waals surface area contributed by atoms with E-state index >= 15 is 0 Å². The van der Waals surface area contributed by atoms with Crippen molar-refractivity contribution in [2.45, 2.75) is 50.5 Å². The summed E-state index contributed by atoms with van der Waals surface area (Å²) in [5, 5.41) is 4.79. The number of rotatable bonds is 4. The van der Waals surface area contributed by atoms with Crippen molar-refractivity contribution < 1.29 is 8.73 Å². The van der Waals surface area contributed by atoms with E-state index in [1.165, 1.54) is 18.9 Å². The monoisotopic (exact) mass is 371 g/mol. The second-order valence-corrected chi connectivity index (χ2v) is 8.04. The zero-order valence-corrected chi connectivity index (χ0v) is 15.6. The summed E-state index contributed by atoms with van der Waals surface area (Å²) in [5.41, 5.74) is 2.95. The highest BCUT2D eigenvalue weighted by Crippen LogP contribution is 2.32. The minimum atomic E-state index is -1.36. The van der Waals surface area contributed by atoms with Gasteiger partial charge in [-0.1, -0.05) is 18.0 Å². The second-order valence-electron chi connectivity index (χ2n) is 6.83. The third-order valence-electron chi connectivity index (χ3n) is 4.95. The van der Waals surface area contributed by atoms with Gasteiger partial charge in [-0.2, -0.15) is 0 Å². The molecule has 0 spiro atoms. The number of nitrogens with zero attached hydrogens (tertiary/aromatic N) is 1. The Kier molecular flexibility index (Phi) is 4.50. The molecule has 0 amide bonds.